The summed E-state index contributed by atoms with van der Waals surface area (Å²) in [5, 5.41) is 12.8. The third-order valence-electron chi connectivity index (χ3n) is 8.55. The number of amides is 1. The van der Waals surface area contributed by atoms with Gasteiger partial charge in [0.05, 0.1) is 0 Å². The van der Waals surface area contributed by atoms with Crippen LogP contribution in [0.15, 0.2) is 48.5 Å². The van der Waals surface area contributed by atoms with Crippen molar-refractivity contribution in [3.63, 3.8) is 0 Å². The Bertz CT molecular complexity index is 996. The molecule has 0 saturated heterocycles. The molecule has 5 nitrogen and oxygen atoms in total. The summed E-state index contributed by atoms with van der Waals surface area (Å²) in [6.07, 6.45) is 5.83. The Labute approximate surface area is 188 Å². The summed E-state index contributed by atoms with van der Waals surface area (Å²) in [5.74, 6) is 0.892. The molecule has 5 aliphatic rings. The average Bonchev–Trinajstić information content (AvgIpc) is 3.09. The summed E-state index contributed by atoms with van der Waals surface area (Å²) in [4.78, 5) is 25.1. The minimum absolute atomic E-state index is 0.0315. The highest BCUT2D eigenvalue weighted by Gasteiger charge is 2.56. The maximum Gasteiger partial charge on any atom is 0.407 e. The molecule has 0 spiro atoms. The van der Waals surface area contributed by atoms with Gasteiger partial charge < -0.3 is 15.2 Å². The first-order valence-corrected chi connectivity index (χ1v) is 11.9. The van der Waals surface area contributed by atoms with Crippen molar-refractivity contribution in [1.82, 2.24) is 5.32 Å². The number of carbonyl (C=O) groups is 2. The molecule has 0 unspecified atom stereocenters. The van der Waals surface area contributed by atoms with Gasteiger partial charge in [-0.1, -0.05) is 48.5 Å². The van der Waals surface area contributed by atoms with E-state index < -0.39 is 18.1 Å². The highest BCUT2D eigenvalue weighted by Crippen LogP contribution is 2.61. The number of hydrogen-bond donors (Lipinski definition) is 2. The minimum atomic E-state index is -0.930. The lowest BCUT2D eigenvalue weighted by Crippen LogP contribution is -2.59. The van der Waals surface area contributed by atoms with Gasteiger partial charge in [-0.3, -0.25) is 0 Å². The van der Waals surface area contributed by atoms with E-state index in [9.17, 15) is 14.7 Å². The number of alkyl carbamates (subject to hydrolysis) is 1. The van der Waals surface area contributed by atoms with Gasteiger partial charge in [-0.05, 0) is 78.5 Å². The van der Waals surface area contributed by atoms with Crippen LogP contribution in [0.5, 0.6) is 0 Å². The Balaban J connectivity index is 1.18. The van der Waals surface area contributed by atoms with Crippen LogP contribution in [0, 0.1) is 23.2 Å². The maximum atomic E-state index is 12.8. The molecular formula is C27H29NO4. The van der Waals surface area contributed by atoms with Crippen molar-refractivity contribution in [2.45, 2.75) is 50.5 Å². The Morgan fingerprint density at radius 2 is 1.41 bits per heavy atom. The van der Waals surface area contributed by atoms with E-state index in [-0.39, 0.29) is 17.9 Å². The first-order chi connectivity index (χ1) is 15.5. The van der Waals surface area contributed by atoms with Gasteiger partial charge in [-0.2, -0.15) is 0 Å². The van der Waals surface area contributed by atoms with Gasteiger partial charge >= 0.3 is 12.1 Å². The zero-order chi connectivity index (χ0) is 21.9. The Morgan fingerprint density at radius 1 is 0.906 bits per heavy atom. The molecule has 4 saturated carbocycles. The van der Waals surface area contributed by atoms with Gasteiger partial charge in [0.15, 0.2) is 0 Å². The number of nitrogens with one attached hydrogen (secondary N) is 1. The van der Waals surface area contributed by atoms with Crippen LogP contribution in [-0.2, 0) is 9.53 Å². The van der Waals surface area contributed by atoms with E-state index in [0.717, 1.165) is 30.4 Å². The lowest BCUT2D eigenvalue weighted by atomic mass is 9.47. The van der Waals surface area contributed by atoms with Crippen LogP contribution in [0.3, 0.4) is 0 Å². The van der Waals surface area contributed by atoms with E-state index >= 15 is 0 Å². The largest absolute Gasteiger partial charge is 0.480 e. The van der Waals surface area contributed by atoms with E-state index in [0.29, 0.717) is 17.8 Å². The zero-order valence-electron chi connectivity index (χ0n) is 18.1. The third kappa shape index (κ3) is 3.13. The standard InChI is InChI=1S/C27H29NO4/c29-25(30)24(27-12-16-9-17(13-27)11-18(10-16)14-27)28-26(31)32-15-23-21-7-3-1-5-19(21)20-6-2-4-8-22(20)23/h1-8,16-18,23-24H,9-15H2,(H,28,31)(H,29,30)/t16?,17?,18?,24-,27?/m0/s1. The molecule has 4 fully saturated rings. The van der Waals surface area contributed by atoms with E-state index in [2.05, 4.69) is 29.6 Å². The zero-order valence-corrected chi connectivity index (χ0v) is 18.1. The second-order valence-electron chi connectivity index (χ2n) is 10.5. The number of carboxylic acids is 1. The van der Waals surface area contributed by atoms with Crippen LogP contribution < -0.4 is 5.32 Å². The summed E-state index contributed by atoms with van der Waals surface area (Å²) in [6.45, 7) is 0.201. The maximum absolute atomic E-state index is 12.8. The number of benzene rings is 2. The Hall–Kier alpha value is -2.82. The molecule has 5 aliphatic carbocycles. The Morgan fingerprint density at radius 3 is 1.91 bits per heavy atom. The number of carbonyl (C=O) groups excluding carboxylic acids is 1. The van der Waals surface area contributed by atoms with Crippen molar-refractivity contribution in [2.75, 3.05) is 6.61 Å². The van der Waals surface area contributed by atoms with Gasteiger partial charge in [0.2, 0.25) is 0 Å². The van der Waals surface area contributed by atoms with Crippen molar-refractivity contribution in [2.24, 2.45) is 23.2 Å². The topological polar surface area (TPSA) is 75.6 Å². The van der Waals surface area contributed by atoms with E-state index in [1.54, 1.807) is 0 Å². The third-order valence-corrected chi connectivity index (χ3v) is 8.55. The molecular weight excluding hydrogens is 402 g/mol. The molecule has 5 heteroatoms. The van der Waals surface area contributed by atoms with Crippen LogP contribution in [-0.4, -0.2) is 29.8 Å². The van der Waals surface area contributed by atoms with E-state index in [1.165, 1.54) is 30.4 Å². The molecule has 1 atom stereocenters. The van der Waals surface area contributed by atoms with Gasteiger partial charge in [-0.15, -0.1) is 0 Å². The smallest absolute Gasteiger partial charge is 0.407 e. The molecule has 7 rings (SSSR count). The molecule has 0 heterocycles. The molecule has 1 amide bonds. The van der Waals surface area contributed by atoms with Crippen molar-refractivity contribution in [3.8, 4) is 11.1 Å². The molecule has 2 aromatic rings. The second-order valence-corrected chi connectivity index (χ2v) is 10.5. The fourth-order valence-electron chi connectivity index (χ4n) is 7.77. The fraction of sp³-hybridized carbons (Fsp3) is 0.481. The first-order valence-electron chi connectivity index (χ1n) is 11.9. The summed E-state index contributed by atoms with van der Waals surface area (Å²) >= 11 is 0. The fourth-order valence-corrected chi connectivity index (χ4v) is 7.77. The number of ether oxygens (including phenoxy) is 1. The number of rotatable bonds is 5. The summed E-state index contributed by atoms with van der Waals surface area (Å²) in [5.41, 5.74) is 4.34. The molecule has 0 aromatic heterocycles. The predicted octanol–water partition coefficient (Wildman–Crippen LogP) is 5.19. The highest BCUT2D eigenvalue weighted by atomic mass is 16.5. The molecule has 166 valence electrons. The van der Waals surface area contributed by atoms with Crippen LogP contribution in [0.2, 0.25) is 0 Å². The lowest BCUT2D eigenvalue weighted by molar-refractivity contribution is -0.151. The monoisotopic (exact) mass is 431 g/mol. The molecule has 2 N–H and O–H groups in total. The quantitative estimate of drug-likeness (QED) is 0.683. The van der Waals surface area contributed by atoms with Gasteiger partial charge in [0.1, 0.15) is 12.6 Å². The van der Waals surface area contributed by atoms with Crippen LogP contribution in [0.1, 0.15) is 55.6 Å². The molecule has 0 aliphatic heterocycles. The summed E-state index contributed by atoms with van der Waals surface area (Å²) < 4.78 is 5.67. The van der Waals surface area contributed by atoms with Gasteiger partial charge in [0, 0.05) is 11.3 Å². The van der Waals surface area contributed by atoms with Crippen molar-refractivity contribution in [3.05, 3.63) is 59.7 Å². The van der Waals surface area contributed by atoms with E-state index in [1.807, 2.05) is 24.3 Å². The normalized spacial score (nSPS) is 30.4. The molecule has 2 aromatic carbocycles. The number of carboxylic acid groups (broad SMARTS) is 1. The lowest BCUT2D eigenvalue weighted by Gasteiger charge is -2.58. The second kappa shape index (κ2) is 7.36. The van der Waals surface area contributed by atoms with E-state index in [4.69, 9.17) is 4.74 Å². The summed E-state index contributed by atoms with van der Waals surface area (Å²) in [6, 6.07) is 15.5. The number of fused-ring (bicyclic) bond motifs is 3. The Kier molecular flexibility index (Phi) is 4.56. The number of hydrogen-bond acceptors (Lipinski definition) is 3. The van der Waals surface area contributed by atoms with Crippen LogP contribution >= 0.6 is 0 Å². The summed E-state index contributed by atoms with van der Waals surface area (Å²) in [7, 11) is 0. The SMILES string of the molecule is O=C(N[C@@H](C(=O)O)C12CC3CC(CC(C3)C1)C2)OCC1c2ccccc2-c2ccccc21. The van der Waals surface area contributed by atoms with Crippen LogP contribution in [0.4, 0.5) is 4.79 Å². The van der Waals surface area contributed by atoms with Gasteiger partial charge in [-0.25, -0.2) is 9.59 Å². The predicted molar refractivity (Wildman–Crippen MR) is 120 cm³/mol. The van der Waals surface area contributed by atoms with Crippen LogP contribution in [0.25, 0.3) is 11.1 Å². The van der Waals surface area contributed by atoms with Crippen molar-refractivity contribution < 1.29 is 19.4 Å². The molecule has 32 heavy (non-hydrogen) atoms. The number of aliphatic carboxylic acids is 1. The van der Waals surface area contributed by atoms with Crippen molar-refractivity contribution >= 4 is 12.1 Å². The molecule has 4 bridgehead atoms. The minimum Gasteiger partial charge on any atom is -0.480 e. The first kappa shape index (κ1) is 19.8. The van der Waals surface area contributed by atoms with Crippen molar-refractivity contribution in [1.29, 1.82) is 0 Å². The average molecular weight is 432 g/mol. The molecule has 0 radical (unpaired) electrons. The van der Waals surface area contributed by atoms with Gasteiger partial charge in [0.25, 0.3) is 0 Å². The highest BCUT2D eigenvalue weighted by molar-refractivity contribution is 5.82.